The zero-order valence-corrected chi connectivity index (χ0v) is 16.4. The van der Waals surface area contributed by atoms with E-state index in [9.17, 15) is 4.79 Å². The highest BCUT2D eigenvalue weighted by atomic mass is 35.5. The molecule has 0 fully saturated rings. The Morgan fingerprint density at radius 1 is 1.19 bits per heavy atom. The fourth-order valence-electron chi connectivity index (χ4n) is 2.84. The van der Waals surface area contributed by atoms with Crippen molar-refractivity contribution in [3.05, 3.63) is 64.5 Å². The summed E-state index contributed by atoms with van der Waals surface area (Å²) < 4.78 is 5.26. The predicted octanol–water partition coefficient (Wildman–Crippen LogP) is 5.39. The van der Waals surface area contributed by atoms with Crippen LogP contribution >= 0.6 is 11.6 Å². The van der Waals surface area contributed by atoms with Gasteiger partial charge in [0.05, 0.1) is 0 Å². The van der Waals surface area contributed by atoms with Crippen LogP contribution in [0.4, 0.5) is 5.69 Å². The second kappa shape index (κ2) is 8.35. The molecule has 1 N–H and O–H groups in total. The van der Waals surface area contributed by atoms with Crippen LogP contribution in [-0.2, 0) is 11.2 Å². The lowest BCUT2D eigenvalue weighted by molar-refractivity contribution is -0.116. The molecule has 0 bridgehead atoms. The largest absolute Gasteiger partial charge is 0.339 e. The number of hydrogen-bond donors (Lipinski definition) is 1. The molecule has 0 aliphatic heterocycles. The summed E-state index contributed by atoms with van der Waals surface area (Å²) in [6.07, 6.45) is 0.656. The van der Waals surface area contributed by atoms with Crippen LogP contribution in [0.5, 0.6) is 0 Å². The zero-order valence-electron chi connectivity index (χ0n) is 15.6. The fourth-order valence-corrected chi connectivity index (χ4v) is 2.96. The second-order valence-corrected chi connectivity index (χ2v) is 7.20. The lowest BCUT2D eigenvalue weighted by Crippen LogP contribution is -2.15. The van der Waals surface area contributed by atoms with Gasteiger partial charge in [0.1, 0.15) is 0 Å². The van der Waals surface area contributed by atoms with E-state index in [0.717, 1.165) is 22.4 Å². The summed E-state index contributed by atoms with van der Waals surface area (Å²) in [4.78, 5) is 16.8. The molecular weight excluding hydrogens is 362 g/mol. The van der Waals surface area contributed by atoms with Gasteiger partial charge in [-0.05, 0) is 48.2 Å². The molecule has 140 valence electrons. The van der Waals surface area contributed by atoms with E-state index in [1.54, 1.807) is 12.1 Å². The molecule has 0 saturated heterocycles. The highest BCUT2D eigenvalue weighted by molar-refractivity contribution is 6.30. The van der Waals surface area contributed by atoms with Crippen LogP contribution in [0, 0.1) is 6.92 Å². The van der Waals surface area contributed by atoms with Gasteiger partial charge in [0.15, 0.2) is 0 Å². The van der Waals surface area contributed by atoms with Gasteiger partial charge in [0.25, 0.3) is 0 Å². The number of aryl methyl sites for hydroxylation is 2. The van der Waals surface area contributed by atoms with Crippen LogP contribution in [0.3, 0.4) is 0 Å². The first kappa shape index (κ1) is 19.1. The van der Waals surface area contributed by atoms with Gasteiger partial charge in [-0.3, -0.25) is 4.79 Å². The lowest BCUT2D eigenvalue weighted by atomic mass is 9.98. The van der Waals surface area contributed by atoms with Gasteiger partial charge in [-0.15, -0.1) is 0 Å². The van der Waals surface area contributed by atoms with Crippen molar-refractivity contribution >= 4 is 23.2 Å². The van der Waals surface area contributed by atoms with E-state index in [2.05, 4.69) is 29.3 Å². The smallest absolute Gasteiger partial charge is 0.227 e. The molecule has 0 atom stereocenters. The van der Waals surface area contributed by atoms with Crippen LogP contribution in [0.25, 0.3) is 11.4 Å². The Morgan fingerprint density at radius 2 is 1.93 bits per heavy atom. The van der Waals surface area contributed by atoms with Crippen LogP contribution in [-0.4, -0.2) is 16.0 Å². The maximum atomic E-state index is 12.4. The van der Waals surface area contributed by atoms with Crippen LogP contribution in [0.1, 0.15) is 43.2 Å². The van der Waals surface area contributed by atoms with Crippen LogP contribution in [0.2, 0.25) is 5.02 Å². The molecule has 1 aromatic heterocycles. The second-order valence-electron chi connectivity index (χ2n) is 6.76. The number of carbonyl (C=O) groups is 1. The maximum absolute atomic E-state index is 12.4. The van der Waals surface area contributed by atoms with E-state index < -0.39 is 0 Å². The molecule has 3 aromatic rings. The van der Waals surface area contributed by atoms with Gasteiger partial charge in [0, 0.05) is 29.1 Å². The van der Waals surface area contributed by atoms with Crippen LogP contribution < -0.4 is 5.32 Å². The van der Waals surface area contributed by atoms with Gasteiger partial charge in [0.2, 0.25) is 17.6 Å². The quantitative estimate of drug-likeness (QED) is 0.619. The Labute approximate surface area is 163 Å². The monoisotopic (exact) mass is 383 g/mol. The first-order valence-corrected chi connectivity index (χ1v) is 9.29. The highest BCUT2D eigenvalue weighted by Gasteiger charge is 2.14. The Bertz CT molecular complexity index is 933. The number of carbonyl (C=O) groups excluding carboxylic acids is 1. The Balaban J connectivity index is 1.63. The summed E-state index contributed by atoms with van der Waals surface area (Å²) in [5.74, 6) is 1.18. The van der Waals surface area contributed by atoms with Gasteiger partial charge >= 0.3 is 0 Å². The number of anilines is 1. The number of nitrogens with zero attached hydrogens (tertiary/aromatic N) is 2. The number of halogens is 1. The average Bonchev–Trinajstić information content (AvgIpc) is 3.11. The number of para-hydroxylation sites is 1. The van der Waals surface area contributed by atoms with E-state index in [-0.39, 0.29) is 12.3 Å². The van der Waals surface area contributed by atoms with Crippen molar-refractivity contribution in [3.8, 4) is 11.4 Å². The van der Waals surface area contributed by atoms with E-state index in [4.69, 9.17) is 16.1 Å². The molecule has 2 aromatic carbocycles. The van der Waals surface area contributed by atoms with E-state index in [0.29, 0.717) is 29.1 Å². The molecule has 3 rings (SSSR count). The number of aromatic nitrogens is 2. The molecule has 5 nitrogen and oxygen atoms in total. The molecule has 6 heteroatoms. The topological polar surface area (TPSA) is 68.0 Å². The minimum atomic E-state index is -0.0718. The summed E-state index contributed by atoms with van der Waals surface area (Å²) in [6, 6.07) is 13.3. The van der Waals surface area contributed by atoms with Crippen molar-refractivity contribution in [2.75, 3.05) is 5.32 Å². The standard InChI is InChI=1S/C21H22ClN3O2/c1-13(2)17-6-4-5-14(3)20(17)23-18(26)11-12-19-24-21(25-27-19)15-7-9-16(22)10-8-15/h4-10,13H,11-12H2,1-3H3,(H,23,26). The Kier molecular flexibility index (Phi) is 5.91. The molecule has 1 amide bonds. The molecule has 0 aliphatic rings. The number of benzene rings is 2. The zero-order chi connectivity index (χ0) is 19.4. The van der Waals surface area contributed by atoms with Crippen molar-refractivity contribution < 1.29 is 9.32 Å². The van der Waals surface area contributed by atoms with Gasteiger partial charge in [-0.2, -0.15) is 4.98 Å². The van der Waals surface area contributed by atoms with E-state index in [1.807, 2.05) is 37.3 Å². The Morgan fingerprint density at radius 3 is 2.63 bits per heavy atom. The molecule has 0 saturated carbocycles. The lowest BCUT2D eigenvalue weighted by Gasteiger charge is -2.16. The summed E-state index contributed by atoms with van der Waals surface area (Å²) in [5.41, 5.74) is 3.90. The van der Waals surface area contributed by atoms with Gasteiger partial charge in [-0.25, -0.2) is 0 Å². The molecule has 27 heavy (non-hydrogen) atoms. The molecule has 1 heterocycles. The number of nitrogens with one attached hydrogen (secondary N) is 1. The Hall–Kier alpha value is -2.66. The minimum absolute atomic E-state index is 0.0718. The molecule has 0 aliphatic carbocycles. The van der Waals surface area contributed by atoms with E-state index >= 15 is 0 Å². The first-order valence-electron chi connectivity index (χ1n) is 8.92. The van der Waals surface area contributed by atoms with Crippen molar-refractivity contribution in [2.24, 2.45) is 0 Å². The van der Waals surface area contributed by atoms with Crippen molar-refractivity contribution in [2.45, 2.75) is 39.5 Å². The summed E-state index contributed by atoms with van der Waals surface area (Å²) in [7, 11) is 0. The number of hydrogen-bond acceptors (Lipinski definition) is 4. The summed E-state index contributed by atoms with van der Waals surface area (Å²) in [5, 5.41) is 7.65. The normalized spacial score (nSPS) is 11.0. The molecule has 0 spiro atoms. The third kappa shape index (κ3) is 4.74. The SMILES string of the molecule is Cc1cccc(C(C)C)c1NC(=O)CCc1nc(-c2ccc(Cl)cc2)no1. The van der Waals surface area contributed by atoms with Crippen LogP contribution in [0.15, 0.2) is 47.0 Å². The summed E-state index contributed by atoms with van der Waals surface area (Å²) >= 11 is 5.89. The van der Waals surface area contributed by atoms with E-state index in [1.165, 1.54) is 0 Å². The predicted molar refractivity (Wildman–Crippen MR) is 107 cm³/mol. The minimum Gasteiger partial charge on any atom is -0.339 e. The third-order valence-electron chi connectivity index (χ3n) is 4.33. The van der Waals surface area contributed by atoms with Crippen molar-refractivity contribution in [1.82, 2.24) is 10.1 Å². The molecule has 0 unspecified atom stereocenters. The third-order valence-corrected chi connectivity index (χ3v) is 4.58. The van der Waals surface area contributed by atoms with Crippen molar-refractivity contribution in [1.29, 1.82) is 0 Å². The fraction of sp³-hybridized carbons (Fsp3) is 0.286. The molecule has 0 radical (unpaired) electrons. The first-order chi connectivity index (χ1) is 12.9. The number of rotatable bonds is 6. The van der Waals surface area contributed by atoms with Crippen molar-refractivity contribution in [3.63, 3.8) is 0 Å². The van der Waals surface area contributed by atoms with Gasteiger partial charge in [-0.1, -0.05) is 48.8 Å². The average molecular weight is 384 g/mol. The summed E-state index contributed by atoms with van der Waals surface area (Å²) in [6.45, 7) is 6.22. The highest BCUT2D eigenvalue weighted by Crippen LogP contribution is 2.27. The van der Waals surface area contributed by atoms with Gasteiger partial charge < -0.3 is 9.84 Å². The molecular formula is C21H22ClN3O2. The maximum Gasteiger partial charge on any atom is 0.227 e. The number of amides is 1.